The van der Waals surface area contributed by atoms with Crippen molar-refractivity contribution in [2.24, 2.45) is 5.92 Å². The Bertz CT molecular complexity index is 671. The third-order valence-electron chi connectivity index (χ3n) is 6.35. The van der Waals surface area contributed by atoms with Crippen LogP contribution in [0.15, 0.2) is 12.1 Å². The number of anilines is 1. The lowest BCUT2D eigenvalue weighted by Crippen LogP contribution is -2.51. The quantitative estimate of drug-likeness (QED) is 0.791. The first-order chi connectivity index (χ1) is 12.1. The van der Waals surface area contributed by atoms with Gasteiger partial charge in [0.05, 0.1) is 5.69 Å². The molecule has 2 aliphatic carbocycles. The number of amides is 1. The fourth-order valence-corrected chi connectivity index (χ4v) is 4.70. The summed E-state index contributed by atoms with van der Waals surface area (Å²) < 4.78 is 14.3. The van der Waals surface area contributed by atoms with Crippen LogP contribution in [0.2, 0.25) is 0 Å². The predicted octanol–water partition coefficient (Wildman–Crippen LogP) is 0.843. The number of hydrogen-bond acceptors (Lipinski definition) is 5. The second-order valence-corrected chi connectivity index (χ2v) is 7.51. The number of pyridine rings is 1. The Morgan fingerprint density at radius 2 is 2.00 bits per heavy atom. The van der Waals surface area contributed by atoms with Crippen molar-refractivity contribution in [3.05, 3.63) is 23.8 Å². The minimum absolute atomic E-state index is 0.116. The minimum atomic E-state index is -0.564. The number of rotatable bonds is 4. The lowest BCUT2D eigenvalue weighted by atomic mass is 10.1. The molecule has 136 valence electrons. The maximum Gasteiger partial charge on any atom is 0.269 e. The van der Waals surface area contributed by atoms with Gasteiger partial charge >= 0.3 is 0 Å². The summed E-state index contributed by atoms with van der Waals surface area (Å²) >= 11 is 0. The molecule has 3 atom stereocenters. The highest BCUT2D eigenvalue weighted by molar-refractivity contribution is 5.92. The second kappa shape index (κ2) is 6.21. The molecule has 0 spiro atoms. The molecule has 7 heteroatoms. The molecule has 1 aromatic heterocycles. The minimum Gasteiger partial charge on any atom is -0.365 e. The van der Waals surface area contributed by atoms with Gasteiger partial charge in [0.15, 0.2) is 0 Å². The number of carbonyl (C=O) groups excluding carboxylic acids is 1. The zero-order valence-electron chi connectivity index (χ0n) is 14.9. The first-order valence-corrected chi connectivity index (χ1v) is 9.13. The number of hydrogen-bond donors (Lipinski definition) is 2. The van der Waals surface area contributed by atoms with Gasteiger partial charge in [-0.15, -0.1) is 0 Å². The number of carbonyl (C=O) groups is 1. The van der Waals surface area contributed by atoms with E-state index in [4.69, 9.17) is 0 Å². The molecule has 4 rings (SSSR count). The van der Waals surface area contributed by atoms with Crippen LogP contribution in [0.4, 0.5) is 10.1 Å². The van der Waals surface area contributed by atoms with Gasteiger partial charge in [-0.3, -0.25) is 9.69 Å². The summed E-state index contributed by atoms with van der Waals surface area (Å²) in [4.78, 5) is 20.0. The molecule has 1 saturated heterocycles. The summed E-state index contributed by atoms with van der Waals surface area (Å²) in [7, 11) is 3.60. The highest BCUT2D eigenvalue weighted by Crippen LogP contribution is 2.56. The van der Waals surface area contributed by atoms with Gasteiger partial charge in [-0.25, -0.2) is 4.98 Å². The number of nitrogens with one attached hydrogen (secondary N) is 2. The van der Waals surface area contributed by atoms with Crippen LogP contribution in [0.1, 0.15) is 29.8 Å². The van der Waals surface area contributed by atoms with E-state index in [1.807, 2.05) is 4.90 Å². The fraction of sp³-hybridized carbons (Fsp3) is 0.667. The topological polar surface area (TPSA) is 60.5 Å². The Morgan fingerprint density at radius 1 is 1.24 bits per heavy atom. The van der Waals surface area contributed by atoms with Crippen molar-refractivity contribution in [1.29, 1.82) is 0 Å². The van der Waals surface area contributed by atoms with Crippen LogP contribution in [-0.4, -0.2) is 67.6 Å². The van der Waals surface area contributed by atoms with Crippen LogP contribution < -0.4 is 15.5 Å². The van der Waals surface area contributed by atoms with Gasteiger partial charge in [-0.2, -0.15) is 4.39 Å². The standard InChI is InChI=1S/C18H26FN5O/c1-20-17(25)14-3-4-15(16(19)22-14)24-7-5-23(6-8-24)13-9-12-10-18(12,11-13)21-2/h3-4,12-13,21H,5-11H2,1-2H3,(H,20,25). The number of piperazine rings is 1. The molecule has 0 aromatic carbocycles. The summed E-state index contributed by atoms with van der Waals surface area (Å²) in [6.45, 7) is 3.50. The van der Waals surface area contributed by atoms with Gasteiger partial charge in [0, 0.05) is 44.8 Å². The smallest absolute Gasteiger partial charge is 0.269 e. The summed E-state index contributed by atoms with van der Waals surface area (Å²) in [5, 5.41) is 5.98. The average molecular weight is 347 g/mol. The molecule has 0 radical (unpaired) electrons. The average Bonchev–Trinajstić information content (AvgIpc) is 3.21. The highest BCUT2D eigenvalue weighted by Gasteiger charge is 2.60. The molecule has 1 aliphatic heterocycles. The van der Waals surface area contributed by atoms with Gasteiger partial charge in [-0.05, 0) is 44.4 Å². The lowest BCUT2D eigenvalue weighted by molar-refractivity contribution is 0.0957. The van der Waals surface area contributed by atoms with Crippen LogP contribution in [0.5, 0.6) is 0 Å². The number of nitrogens with zero attached hydrogens (tertiary/aromatic N) is 3. The van der Waals surface area contributed by atoms with E-state index in [2.05, 4.69) is 27.6 Å². The Kier molecular flexibility index (Phi) is 4.16. The van der Waals surface area contributed by atoms with Crippen LogP contribution >= 0.6 is 0 Å². The molecule has 3 fully saturated rings. The predicted molar refractivity (Wildman–Crippen MR) is 94.3 cm³/mol. The molecule has 2 N–H and O–H groups in total. The zero-order valence-corrected chi connectivity index (χ0v) is 14.9. The molecule has 1 aromatic rings. The Balaban J connectivity index is 1.37. The third-order valence-corrected chi connectivity index (χ3v) is 6.35. The van der Waals surface area contributed by atoms with Crippen molar-refractivity contribution in [1.82, 2.24) is 20.5 Å². The summed E-state index contributed by atoms with van der Waals surface area (Å²) in [6.07, 6.45) is 3.86. The first-order valence-electron chi connectivity index (χ1n) is 9.13. The lowest BCUT2D eigenvalue weighted by Gasteiger charge is -2.39. The van der Waals surface area contributed by atoms with Crippen molar-refractivity contribution in [3.8, 4) is 0 Å². The summed E-state index contributed by atoms with van der Waals surface area (Å²) in [6, 6.07) is 3.92. The molecule has 3 unspecified atom stereocenters. The largest absolute Gasteiger partial charge is 0.365 e. The highest BCUT2D eigenvalue weighted by atomic mass is 19.1. The van der Waals surface area contributed by atoms with Crippen LogP contribution in [0.25, 0.3) is 0 Å². The molecule has 2 saturated carbocycles. The fourth-order valence-electron chi connectivity index (χ4n) is 4.70. The molecule has 1 amide bonds. The SMILES string of the molecule is CNC(=O)c1ccc(N2CCN(C3CC4CC4(NC)C3)CC2)c(F)n1. The monoisotopic (exact) mass is 347 g/mol. The molecule has 6 nitrogen and oxygen atoms in total. The third kappa shape index (κ3) is 2.89. The first kappa shape index (κ1) is 16.7. The summed E-state index contributed by atoms with van der Waals surface area (Å²) in [5.74, 6) is -0.0845. The maximum absolute atomic E-state index is 14.3. The Hall–Kier alpha value is -1.73. The van der Waals surface area contributed by atoms with E-state index in [1.54, 1.807) is 12.1 Å². The van der Waals surface area contributed by atoms with Crippen molar-refractivity contribution >= 4 is 11.6 Å². The van der Waals surface area contributed by atoms with Gasteiger partial charge < -0.3 is 15.5 Å². The van der Waals surface area contributed by atoms with E-state index in [-0.39, 0.29) is 11.6 Å². The number of halogens is 1. The van der Waals surface area contributed by atoms with Crippen molar-refractivity contribution < 1.29 is 9.18 Å². The number of aromatic nitrogens is 1. The van der Waals surface area contributed by atoms with Crippen molar-refractivity contribution in [2.75, 3.05) is 45.2 Å². The molecular weight excluding hydrogens is 321 g/mol. The normalized spacial score (nSPS) is 31.7. The Morgan fingerprint density at radius 3 is 2.60 bits per heavy atom. The molecule has 25 heavy (non-hydrogen) atoms. The molecule has 0 bridgehead atoms. The van der Waals surface area contributed by atoms with E-state index < -0.39 is 5.95 Å². The summed E-state index contributed by atoms with van der Waals surface area (Å²) in [5.41, 5.74) is 1.02. The Labute approximate surface area is 147 Å². The van der Waals surface area contributed by atoms with E-state index in [0.29, 0.717) is 17.3 Å². The molecule has 2 heterocycles. The van der Waals surface area contributed by atoms with Crippen LogP contribution in [0, 0.1) is 11.9 Å². The van der Waals surface area contributed by atoms with Gasteiger partial charge in [0.1, 0.15) is 5.69 Å². The van der Waals surface area contributed by atoms with E-state index in [9.17, 15) is 9.18 Å². The van der Waals surface area contributed by atoms with Gasteiger partial charge in [0.25, 0.3) is 5.91 Å². The molecule has 3 aliphatic rings. The van der Waals surface area contributed by atoms with E-state index >= 15 is 0 Å². The number of fused-ring (bicyclic) bond motifs is 1. The van der Waals surface area contributed by atoms with Crippen LogP contribution in [-0.2, 0) is 0 Å². The van der Waals surface area contributed by atoms with E-state index in [0.717, 1.165) is 32.1 Å². The van der Waals surface area contributed by atoms with Gasteiger partial charge in [-0.1, -0.05) is 0 Å². The van der Waals surface area contributed by atoms with Crippen LogP contribution in [0.3, 0.4) is 0 Å². The van der Waals surface area contributed by atoms with Crippen molar-refractivity contribution in [2.45, 2.75) is 30.8 Å². The maximum atomic E-state index is 14.3. The van der Waals surface area contributed by atoms with Crippen molar-refractivity contribution in [3.63, 3.8) is 0 Å². The van der Waals surface area contributed by atoms with Gasteiger partial charge in [0.2, 0.25) is 5.95 Å². The van der Waals surface area contributed by atoms with E-state index in [1.165, 1.54) is 26.3 Å². The molecular formula is C18H26FN5O. The zero-order chi connectivity index (χ0) is 17.6. The second-order valence-electron chi connectivity index (χ2n) is 7.51.